The topological polar surface area (TPSA) is 77.1 Å². The summed E-state index contributed by atoms with van der Waals surface area (Å²) in [7, 11) is 0. The average Bonchev–Trinajstić information content (AvgIpc) is 1.00. The van der Waals surface area contributed by atoms with Crippen molar-refractivity contribution in [2.75, 3.05) is 0 Å². The standard InChI is InChI=1S/Ca.OS.2H2O/c;1-2;;/h;;2*1H2/q+2;;;/p-2. The first-order valence-corrected chi connectivity index (χ1v) is 0.500. The van der Waals surface area contributed by atoms with E-state index >= 15 is 0 Å². The molecule has 5 heteroatoms. The monoisotopic (exact) mass is 122 g/mol. The Labute approximate surface area is 64.9 Å². The maximum Gasteiger partial charge on any atom is 2.00 e. The van der Waals surface area contributed by atoms with Gasteiger partial charge in [0.15, 0.2) is 12.5 Å². The average molecular weight is 122 g/mol. The van der Waals surface area contributed by atoms with Crippen molar-refractivity contribution in [1.82, 2.24) is 0 Å². The molecule has 0 aromatic heterocycles. The first-order chi connectivity index (χ1) is 1.00. The van der Waals surface area contributed by atoms with Gasteiger partial charge in [-0.15, -0.1) is 0 Å². The van der Waals surface area contributed by atoms with Crippen LogP contribution in [0.2, 0.25) is 0 Å². The fourth-order valence-corrected chi connectivity index (χ4v) is 0. The van der Waals surface area contributed by atoms with E-state index in [9.17, 15) is 0 Å². The second-order valence-electron chi connectivity index (χ2n) is 0. The molecule has 0 radical (unpaired) electrons. The molecule has 0 atom stereocenters. The summed E-state index contributed by atoms with van der Waals surface area (Å²) in [5.41, 5.74) is 0. The second kappa shape index (κ2) is 63.7. The molecule has 5 heavy (non-hydrogen) atoms. The smallest absolute Gasteiger partial charge is 0.870 e. The van der Waals surface area contributed by atoms with Crippen LogP contribution in [-0.2, 0) is 12.5 Å². The van der Waals surface area contributed by atoms with Crippen LogP contribution in [0, 0.1) is 0 Å². The molecule has 2 N–H and O–H groups in total. The zero-order chi connectivity index (χ0) is 2.00. The fourth-order valence-electron chi connectivity index (χ4n) is 0. The number of hydrogen-bond donors (Lipinski definition) is 0. The van der Waals surface area contributed by atoms with E-state index in [0.717, 1.165) is 0 Å². The van der Waals surface area contributed by atoms with Gasteiger partial charge in [0.2, 0.25) is 0 Å². The fraction of sp³-hybridized carbons (Fsp3) is 0. The summed E-state index contributed by atoms with van der Waals surface area (Å²) in [4.78, 5) is 0. The molecule has 0 bridgehead atoms. The summed E-state index contributed by atoms with van der Waals surface area (Å²) < 4.78 is 7.83. The normalized spacial score (nSPS) is 0.800. The maximum absolute atomic E-state index is 7.83. The molecule has 0 aliphatic heterocycles. The van der Waals surface area contributed by atoms with Crippen molar-refractivity contribution in [1.29, 1.82) is 0 Å². The summed E-state index contributed by atoms with van der Waals surface area (Å²) in [6.45, 7) is 0. The van der Waals surface area contributed by atoms with E-state index in [4.69, 9.17) is 4.21 Å². The van der Waals surface area contributed by atoms with E-state index in [-0.39, 0.29) is 48.7 Å². The van der Waals surface area contributed by atoms with E-state index in [1.807, 2.05) is 0 Å². The first kappa shape index (κ1) is 34.6. The molecule has 28 valence electrons. The van der Waals surface area contributed by atoms with Gasteiger partial charge in [0.05, 0.1) is 0 Å². The Morgan fingerprint density at radius 2 is 1.00 bits per heavy atom. The zero-order valence-electron chi connectivity index (χ0n) is 2.42. The molecule has 0 amide bonds. The maximum atomic E-state index is 7.83. The first-order valence-electron chi connectivity index (χ1n) is 0.167. The molecule has 0 spiro atoms. The molecular weight excluding hydrogens is 120 g/mol. The number of hydrogen-bond acceptors (Lipinski definition) is 4. The van der Waals surface area contributed by atoms with Gasteiger partial charge in [-0.3, -0.25) is 0 Å². The molecular formula is H2CaO3S. The van der Waals surface area contributed by atoms with Gasteiger partial charge in [-0.1, -0.05) is 0 Å². The number of rotatable bonds is 0. The van der Waals surface area contributed by atoms with Crippen LogP contribution in [0.3, 0.4) is 0 Å². The van der Waals surface area contributed by atoms with Crippen LogP contribution in [0.25, 0.3) is 0 Å². The van der Waals surface area contributed by atoms with Gasteiger partial charge in [-0.05, 0) is 0 Å². The summed E-state index contributed by atoms with van der Waals surface area (Å²) in [6, 6.07) is 0. The molecule has 0 aromatic rings. The quantitative estimate of drug-likeness (QED) is 0.383. The van der Waals surface area contributed by atoms with E-state index in [1.54, 1.807) is 0 Å². The third-order valence-electron chi connectivity index (χ3n) is 0. The van der Waals surface area contributed by atoms with Crippen molar-refractivity contribution in [3.63, 3.8) is 0 Å². The van der Waals surface area contributed by atoms with Gasteiger partial charge in [0.25, 0.3) is 0 Å². The molecule has 0 unspecified atom stereocenters. The molecule has 0 saturated carbocycles. The summed E-state index contributed by atoms with van der Waals surface area (Å²) in [5, 5.41) is 0. The van der Waals surface area contributed by atoms with Crippen LogP contribution in [0.1, 0.15) is 0 Å². The molecule has 0 rings (SSSR count). The van der Waals surface area contributed by atoms with Gasteiger partial charge in [0, 0.05) is 0 Å². The zero-order valence-corrected chi connectivity index (χ0v) is 5.44. The van der Waals surface area contributed by atoms with Crippen LogP contribution in [-0.4, -0.2) is 52.9 Å². The van der Waals surface area contributed by atoms with E-state index < -0.39 is 0 Å². The molecule has 0 heterocycles. The Morgan fingerprint density at radius 1 is 1.00 bits per heavy atom. The van der Waals surface area contributed by atoms with Crippen molar-refractivity contribution >= 4 is 50.3 Å². The minimum absolute atomic E-state index is 0. The SMILES string of the molecule is O=S.[Ca+2].[OH-].[OH-]. The molecule has 3 nitrogen and oxygen atoms in total. The molecule has 0 aromatic carbocycles. The van der Waals surface area contributed by atoms with Gasteiger partial charge in [0.1, 0.15) is 0 Å². The second-order valence-corrected chi connectivity index (χ2v) is 0. The summed E-state index contributed by atoms with van der Waals surface area (Å²) in [5.74, 6) is 0. The van der Waals surface area contributed by atoms with Crippen LogP contribution in [0.4, 0.5) is 0 Å². The van der Waals surface area contributed by atoms with Gasteiger partial charge < -0.3 is 11.0 Å². The van der Waals surface area contributed by atoms with Crippen LogP contribution >= 0.6 is 0 Å². The van der Waals surface area contributed by atoms with Gasteiger partial charge in [-0.2, -0.15) is 4.21 Å². The van der Waals surface area contributed by atoms with Crippen molar-refractivity contribution in [2.45, 2.75) is 0 Å². The van der Waals surface area contributed by atoms with Crippen molar-refractivity contribution in [3.05, 3.63) is 0 Å². The third kappa shape index (κ3) is 37.0. The predicted octanol–water partition coefficient (Wildman–Crippen LogP) is -1.07. The van der Waals surface area contributed by atoms with E-state index in [1.165, 1.54) is 0 Å². The summed E-state index contributed by atoms with van der Waals surface area (Å²) >= 11 is 2.83. The molecule has 0 fully saturated rings. The van der Waals surface area contributed by atoms with Crippen molar-refractivity contribution in [2.24, 2.45) is 0 Å². The molecule has 0 saturated heterocycles. The summed E-state index contributed by atoms with van der Waals surface area (Å²) in [6.07, 6.45) is 0. The van der Waals surface area contributed by atoms with Crippen LogP contribution < -0.4 is 0 Å². The Kier molecular flexibility index (Phi) is 441. The Hall–Kier alpha value is 1.20. The predicted molar refractivity (Wildman–Crippen MR) is 17.8 cm³/mol. The van der Waals surface area contributed by atoms with Crippen LogP contribution in [0.5, 0.6) is 0 Å². The molecule has 0 aliphatic rings. The third-order valence-corrected chi connectivity index (χ3v) is 0. The van der Waals surface area contributed by atoms with Gasteiger partial charge in [-0.25, -0.2) is 0 Å². The molecule has 0 aliphatic carbocycles. The van der Waals surface area contributed by atoms with Crippen molar-refractivity contribution in [3.8, 4) is 0 Å². The van der Waals surface area contributed by atoms with E-state index in [2.05, 4.69) is 12.5 Å². The Balaban J connectivity index is -0.00000000167. The largest absolute Gasteiger partial charge is 2.00 e. The Bertz CT molecular complexity index is 6.85. The van der Waals surface area contributed by atoms with Crippen molar-refractivity contribution < 1.29 is 15.2 Å². The van der Waals surface area contributed by atoms with Gasteiger partial charge >= 0.3 is 37.7 Å². The van der Waals surface area contributed by atoms with E-state index in [0.29, 0.717) is 0 Å². The van der Waals surface area contributed by atoms with Crippen LogP contribution in [0.15, 0.2) is 0 Å². The minimum Gasteiger partial charge on any atom is -0.870 e. The minimum atomic E-state index is 0. The Morgan fingerprint density at radius 3 is 1.00 bits per heavy atom.